The number of amidine groups is 1. The predicted octanol–water partition coefficient (Wildman–Crippen LogP) is 1.98. The number of oxime groups is 1. The average Bonchev–Trinajstić information content (AvgIpc) is 2.49. The molecule has 116 valence electrons. The van der Waals surface area contributed by atoms with E-state index >= 15 is 0 Å². The Balaban J connectivity index is 2.90. The van der Waals surface area contributed by atoms with Gasteiger partial charge in [-0.1, -0.05) is 17.3 Å². The first-order chi connectivity index (χ1) is 10.0. The Kier molecular flexibility index (Phi) is 7.18. The fourth-order valence-corrected chi connectivity index (χ4v) is 2.23. The summed E-state index contributed by atoms with van der Waals surface area (Å²) >= 11 is 3.44. The SMILES string of the molecule is COCCN(CC/C(N)=N/O)C(=O)c1cccc(C)c1Br. The Morgan fingerprint density at radius 2 is 2.19 bits per heavy atom. The van der Waals surface area contributed by atoms with E-state index in [9.17, 15) is 4.79 Å². The summed E-state index contributed by atoms with van der Waals surface area (Å²) in [7, 11) is 1.58. The maximum absolute atomic E-state index is 12.6. The highest BCUT2D eigenvalue weighted by molar-refractivity contribution is 9.10. The van der Waals surface area contributed by atoms with Crippen LogP contribution < -0.4 is 5.73 Å². The van der Waals surface area contributed by atoms with Crippen LogP contribution in [-0.2, 0) is 4.74 Å². The summed E-state index contributed by atoms with van der Waals surface area (Å²) in [6.07, 6.45) is 0.301. The number of hydrogen-bond acceptors (Lipinski definition) is 4. The zero-order chi connectivity index (χ0) is 15.8. The van der Waals surface area contributed by atoms with E-state index in [1.165, 1.54) is 0 Å². The van der Waals surface area contributed by atoms with E-state index in [0.29, 0.717) is 31.7 Å². The molecule has 1 rings (SSSR count). The summed E-state index contributed by atoms with van der Waals surface area (Å²) in [5.74, 6) is -0.0260. The highest BCUT2D eigenvalue weighted by atomic mass is 79.9. The third-order valence-corrected chi connectivity index (χ3v) is 4.09. The number of nitrogens with two attached hydrogens (primary N) is 1. The number of amides is 1. The van der Waals surface area contributed by atoms with Gasteiger partial charge in [-0.05, 0) is 34.5 Å². The lowest BCUT2D eigenvalue weighted by Gasteiger charge is -2.23. The second kappa shape index (κ2) is 8.63. The van der Waals surface area contributed by atoms with Crippen molar-refractivity contribution in [3.8, 4) is 0 Å². The van der Waals surface area contributed by atoms with Crippen LogP contribution >= 0.6 is 15.9 Å². The van der Waals surface area contributed by atoms with E-state index in [1.54, 1.807) is 18.1 Å². The molecule has 3 N–H and O–H groups in total. The third-order valence-electron chi connectivity index (χ3n) is 3.04. The van der Waals surface area contributed by atoms with E-state index in [-0.39, 0.29) is 11.7 Å². The first kappa shape index (κ1) is 17.5. The van der Waals surface area contributed by atoms with Crippen LogP contribution in [0.15, 0.2) is 27.8 Å². The van der Waals surface area contributed by atoms with Crippen molar-refractivity contribution in [2.45, 2.75) is 13.3 Å². The topological polar surface area (TPSA) is 88.2 Å². The van der Waals surface area contributed by atoms with Crippen LogP contribution in [0, 0.1) is 6.92 Å². The highest BCUT2D eigenvalue weighted by Gasteiger charge is 2.19. The van der Waals surface area contributed by atoms with Crippen LogP contribution in [0.1, 0.15) is 22.3 Å². The molecule has 0 aliphatic carbocycles. The van der Waals surface area contributed by atoms with Gasteiger partial charge in [-0.2, -0.15) is 0 Å². The van der Waals surface area contributed by atoms with E-state index < -0.39 is 0 Å². The zero-order valence-electron chi connectivity index (χ0n) is 12.2. The van der Waals surface area contributed by atoms with Crippen LogP contribution in [0.3, 0.4) is 0 Å². The zero-order valence-corrected chi connectivity index (χ0v) is 13.8. The van der Waals surface area contributed by atoms with Gasteiger partial charge in [0, 0.05) is 31.1 Å². The largest absolute Gasteiger partial charge is 0.409 e. The number of carbonyl (C=O) groups excluding carboxylic acids is 1. The minimum absolute atomic E-state index is 0.0912. The molecule has 6 nitrogen and oxygen atoms in total. The van der Waals surface area contributed by atoms with Crippen molar-refractivity contribution in [1.82, 2.24) is 4.90 Å². The fraction of sp³-hybridized carbons (Fsp3) is 0.429. The first-order valence-corrected chi connectivity index (χ1v) is 7.30. The van der Waals surface area contributed by atoms with Gasteiger partial charge in [0.25, 0.3) is 5.91 Å². The molecule has 0 unspecified atom stereocenters. The molecule has 0 atom stereocenters. The lowest BCUT2D eigenvalue weighted by molar-refractivity contribution is 0.0699. The van der Waals surface area contributed by atoms with E-state index in [1.807, 2.05) is 19.1 Å². The van der Waals surface area contributed by atoms with Gasteiger partial charge < -0.3 is 20.6 Å². The summed E-state index contributed by atoms with van der Waals surface area (Å²) in [6, 6.07) is 5.53. The molecule has 0 saturated heterocycles. The number of halogens is 1. The number of benzene rings is 1. The lowest BCUT2D eigenvalue weighted by atomic mass is 10.1. The molecule has 0 bridgehead atoms. The summed E-state index contributed by atoms with van der Waals surface area (Å²) < 4.78 is 5.81. The molecule has 0 saturated carbocycles. The van der Waals surface area contributed by atoms with Gasteiger partial charge in [0.05, 0.1) is 12.2 Å². The monoisotopic (exact) mass is 357 g/mol. The third kappa shape index (κ3) is 5.02. The number of methoxy groups -OCH3 is 1. The second-order valence-corrected chi connectivity index (χ2v) is 5.36. The van der Waals surface area contributed by atoms with Crippen molar-refractivity contribution in [3.05, 3.63) is 33.8 Å². The molecule has 0 aliphatic heterocycles. The van der Waals surface area contributed by atoms with Crippen molar-refractivity contribution in [2.24, 2.45) is 10.9 Å². The van der Waals surface area contributed by atoms with Crippen molar-refractivity contribution in [3.63, 3.8) is 0 Å². The fourth-order valence-electron chi connectivity index (χ4n) is 1.80. The first-order valence-electron chi connectivity index (χ1n) is 6.51. The van der Waals surface area contributed by atoms with E-state index in [0.717, 1.165) is 10.0 Å². The number of rotatable bonds is 7. The Morgan fingerprint density at radius 3 is 2.81 bits per heavy atom. The Labute approximate surface area is 132 Å². The molecule has 0 fully saturated rings. The van der Waals surface area contributed by atoms with Gasteiger partial charge in [0.1, 0.15) is 5.84 Å². The van der Waals surface area contributed by atoms with Gasteiger partial charge in [0.15, 0.2) is 0 Å². The standard InChI is InChI=1S/C14H20BrN3O3/c1-10-4-3-5-11(13(10)15)14(19)18(8-9-21-2)7-6-12(16)17-20/h3-5,20H,6-9H2,1-2H3,(H2,16,17). The molecular formula is C14H20BrN3O3. The molecule has 0 radical (unpaired) electrons. The lowest BCUT2D eigenvalue weighted by Crippen LogP contribution is -2.36. The molecule has 1 aromatic rings. The predicted molar refractivity (Wildman–Crippen MR) is 84.7 cm³/mol. The number of aryl methyl sites for hydroxylation is 1. The minimum Gasteiger partial charge on any atom is -0.409 e. The van der Waals surface area contributed by atoms with Crippen LogP contribution in [0.5, 0.6) is 0 Å². The summed E-state index contributed by atoms with van der Waals surface area (Å²) in [5.41, 5.74) is 7.04. The smallest absolute Gasteiger partial charge is 0.255 e. The quantitative estimate of drug-likeness (QED) is 0.338. The molecular weight excluding hydrogens is 338 g/mol. The van der Waals surface area contributed by atoms with Gasteiger partial charge in [-0.15, -0.1) is 0 Å². The maximum Gasteiger partial charge on any atom is 0.255 e. The van der Waals surface area contributed by atoms with Crippen molar-refractivity contribution < 1.29 is 14.7 Å². The maximum atomic E-state index is 12.6. The molecule has 0 aliphatic rings. The molecule has 0 heterocycles. The van der Waals surface area contributed by atoms with Crippen LogP contribution in [0.4, 0.5) is 0 Å². The molecule has 0 spiro atoms. The van der Waals surface area contributed by atoms with Crippen molar-refractivity contribution in [2.75, 3.05) is 26.8 Å². The van der Waals surface area contributed by atoms with Crippen LogP contribution in [0.2, 0.25) is 0 Å². The van der Waals surface area contributed by atoms with Crippen molar-refractivity contribution >= 4 is 27.7 Å². The highest BCUT2D eigenvalue weighted by Crippen LogP contribution is 2.22. The summed E-state index contributed by atoms with van der Waals surface area (Å²) in [4.78, 5) is 14.2. The summed E-state index contributed by atoms with van der Waals surface area (Å²) in [5, 5.41) is 11.5. The van der Waals surface area contributed by atoms with Crippen molar-refractivity contribution in [1.29, 1.82) is 0 Å². The van der Waals surface area contributed by atoms with Crippen LogP contribution in [0.25, 0.3) is 0 Å². The van der Waals surface area contributed by atoms with E-state index in [4.69, 9.17) is 15.7 Å². The second-order valence-electron chi connectivity index (χ2n) is 4.56. The number of ether oxygens (including phenoxy) is 1. The van der Waals surface area contributed by atoms with E-state index in [2.05, 4.69) is 21.1 Å². The average molecular weight is 358 g/mol. The minimum atomic E-state index is -0.117. The van der Waals surface area contributed by atoms with Gasteiger partial charge >= 0.3 is 0 Å². The van der Waals surface area contributed by atoms with Crippen LogP contribution in [-0.4, -0.2) is 48.7 Å². The van der Waals surface area contributed by atoms with Gasteiger partial charge in [-0.3, -0.25) is 4.79 Å². The molecule has 7 heteroatoms. The Bertz CT molecular complexity index is 520. The Morgan fingerprint density at radius 1 is 1.48 bits per heavy atom. The number of nitrogens with zero attached hydrogens (tertiary/aromatic N) is 2. The molecule has 0 aromatic heterocycles. The molecule has 1 aromatic carbocycles. The summed E-state index contributed by atoms with van der Waals surface area (Å²) in [6.45, 7) is 3.15. The molecule has 1 amide bonds. The normalized spacial score (nSPS) is 11.5. The molecule has 21 heavy (non-hydrogen) atoms. The van der Waals surface area contributed by atoms with Gasteiger partial charge in [-0.25, -0.2) is 0 Å². The number of hydrogen-bond donors (Lipinski definition) is 2. The Hall–Kier alpha value is -1.60. The van der Waals surface area contributed by atoms with Gasteiger partial charge in [0.2, 0.25) is 0 Å². The number of carbonyl (C=O) groups is 1.